The van der Waals surface area contributed by atoms with Crippen molar-refractivity contribution in [1.29, 1.82) is 0 Å². The zero-order valence-electron chi connectivity index (χ0n) is 13.5. The fourth-order valence-electron chi connectivity index (χ4n) is 2.16. The Morgan fingerprint density at radius 3 is 2.76 bits per heavy atom. The lowest BCUT2D eigenvalue weighted by Crippen LogP contribution is -2.24. The largest absolute Gasteiger partial charge is 0.309 e. The third kappa shape index (κ3) is 4.74. The maximum Gasteiger partial charge on any atom is 0.161 e. The van der Waals surface area contributed by atoms with Gasteiger partial charge in [0, 0.05) is 30.0 Å². The monoisotopic (exact) mass is 372 g/mol. The highest BCUT2D eigenvalue weighted by Crippen LogP contribution is 2.30. The molecule has 0 amide bonds. The van der Waals surface area contributed by atoms with E-state index in [1.54, 1.807) is 18.8 Å². The fraction of sp³-hybridized carbons (Fsp3) is 0.118. The van der Waals surface area contributed by atoms with Crippen LogP contribution >= 0.6 is 23.4 Å². The first-order valence-electron chi connectivity index (χ1n) is 7.59. The van der Waals surface area contributed by atoms with Gasteiger partial charge < -0.3 is 10.9 Å². The van der Waals surface area contributed by atoms with Crippen molar-refractivity contribution in [3.05, 3.63) is 77.1 Å². The second-order valence-corrected chi connectivity index (χ2v) is 6.55. The van der Waals surface area contributed by atoms with Gasteiger partial charge in [0.15, 0.2) is 5.82 Å². The smallest absolute Gasteiger partial charge is 0.161 e. The minimum Gasteiger partial charge on any atom is -0.309 e. The summed E-state index contributed by atoms with van der Waals surface area (Å²) in [6.07, 6.45) is 10.0. The van der Waals surface area contributed by atoms with Crippen molar-refractivity contribution < 1.29 is 0 Å². The zero-order valence-corrected chi connectivity index (χ0v) is 15.1. The van der Waals surface area contributed by atoms with Gasteiger partial charge in [0.1, 0.15) is 11.4 Å². The van der Waals surface area contributed by atoms with E-state index in [-0.39, 0.29) is 0 Å². The summed E-state index contributed by atoms with van der Waals surface area (Å²) in [6.45, 7) is 0. The summed E-state index contributed by atoms with van der Waals surface area (Å²) in [4.78, 5) is 9.64. The Labute approximate surface area is 155 Å². The molecule has 1 aliphatic heterocycles. The third-order valence-corrected chi connectivity index (χ3v) is 4.84. The zero-order chi connectivity index (χ0) is 17.5. The van der Waals surface area contributed by atoms with Gasteiger partial charge in [0.2, 0.25) is 0 Å². The molecule has 6 nitrogen and oxygen atoms in total. The van der Waals surface area contributed by atoms with E-state index in [9.17, 15) is 0 Å². The van der Waals surface area contributed by atoms with Crippen LogP contribution in [-0.2, 0) is 6.42 Å². The Morgan fingerprint density at radius 2 is 2.12 bits per heavy atom. The molecule has 128 valence electrons. The van der Waals surface area contributed by atoms with Crippen molar-refractivity contribution in [2.75, 3.05) is 7.05 Å². The third-order valence-electron chi connectivity index (χ3n) is 3.40. The lowest BCUT2D eigenvalue weighted by molar-refractivity contribution is 0.764. The molecule has 3 N–H and O–H groups in total. The molecular weight excluding hydrogens is 356 g/mol. The lowest BCUT2D eigenvalue weighted by Gasteiger charge is -2.13. The SMILES string of the molecule is CN=C(S/C(=C/Cc1ccc(Cl)cc1)c1ncn[nH]1)C1=CNNC=C1. The van der Waals surface area contributed by atoms with Crippen LogP contribution in [0.25, 0.3) is 4.91 Å². The van der Waals surface area contributed by atoms with Crippen LogP contribution in [0.3, 0.4) is 0 Å². The second kappa shape index (κ2) is 8.55. The van der Waals surface area contributed by atoms with Crippen LogP contribution in [0.5, 0.6) is 0 Å². The Kier molecular flexibility index (Phi) is 5.92. The highest BCUT2D eigenvalue weighted by molar-refractivity contribution is 8.22. The summed E-state index contributed by atoms with van der Waals surface area (Å²) >= 11 is 7.49. The topological polar surface area (TPSA) is 78.0 Å². The van der Waals surface area contributed by atoms with E-state index in [1.807, 2.05) is 42.7 Å². The quantitative estimate of drug-likeness (QED) is 0.554. The first-order chi connectivity index (χ1) is 12.3. The van der Waals surface area contributed by atoms with Gasteiger partial charge in [-0.15, -0.1) is 0 Å². The molecule has 0 saturated carbocycles. The highest BCUT2D eigenvalue weighted by atomic mass is 35.5. The van der Waals surface area contributed by atoms with Crippen LogP contribution in [0.1, 0.15) is 11.4 Å². The van der Waals surface area contributed by atoms with Gasteiger partial charge in [0.05, 0.1) is 4.91 Å². The van der Waals surface area contributed by atoms with Gasteiger partial charge in [-0.1, -0.05) is 41.6 Å². The maximum absolute atomic E-state index is 5.95. The second-order valence-electron chi connectivity index (χ2n) is 5.09. The molecule has 0 aliphatic carbocycles. The molecule has 0 fully saturated rings. The summed E-state index contributed by atoms with van der Waals surface area (Å²) < 4.78 is 0. The first kappa shape index (κ1) is 17.3. The first-order valence-corrected chi connectivity index (χ1v) is 8.79. The van der Waals surface area contributed by atoms with Crippen molar-refractivity contribution in [2.24, 2.45) is 4.99 Å². The van der Waals surface area contributed by atoms with Crippen LogP contribution in [0.15, 0.2) is 65.7 Å². The summed E-state index contributed by atoms with van der Waals surface area (Å²) in [5.74, 6) is 0.714. The number of nitrogens with one attached hydrogen (secondary N) is 3. The summed E-state index contributed by atoms with van der Waals surface area (Å²) in [7, 11) is 1.77. The van der Waals surface area contributed by atoms with Crippen LogP contribution < -0.4 is 10.9 Å². The number of benzene rings is 1. The summed E-state index contributed by atoms with van der Waals surface area (Å²) in [6, 6.07) is 7.80. The van der Waals surface area contributed by atoms with Gasteiger partial charge in [-0.05, 0) is 30.2 Å². The molecule has 25 heavy (non-hydrogen) atoms. The molecule has 2 heterocycles. The van der Waals surface area contributed by atoms with Crippen molar-refractivity contribution in [3.63, 3.8) is 0 Å². The van der Waals surface area contributed by atoms with Gasteiger partial charge in [-0.2, -0.15) is 5.10 Å². The minimum absolute atomic E-state index is 0.714. The van der Waals surface area contributed by atoms with Crippen LogP contribution in [0.2, 0.25) is 5.02 Å². The predicted octanol–water partition coefficient (Wildman–Crippen LogP) is 3.31. The van der Waals surface area contributed by atoms with Gasteiger partial charge in [-0.25, -0.2) is 4.98 Å². The summed E-state index contributed by atoms with van der Waals surface area (Å²) in [5.41, 5.74) is 8.02. The number of rotatable bonds is 5. The number of hydrogen-bond donors (Lipinski definition) is 3. The van der Waals surface area contributed by atoms with E-state index in [2.05, 4.69) is 37.1 Å². The Hall–Kier alpha value is -2.51. The fourth-order valence-corrected chi connectivity index (χ4v) is 3.19. The number of halogens is 1. The molecule has 1 aromatic carbocycles. The van der Waals surface area contributed by atoms with Crippen molar-refractivity contribution in [2.45, 2.75) is 6.42 Å². The van der Waals surface area contributed by atoms with Gasteiger partial charge in [-0.3, -0.25) is 10.1 Å². The van der Waals surface area contributed by atoms with E-state index >= 15 is 0 Å². The number of hydrogen-bond acceptors (Lipinski definition) is 6. The molecule has 1 aliphatic rings. The van der Waals surface area contributed by atoms with E-state index in [1.165, 1.54) is 11.9 Å². The maximum atomic E-state index is 5.95. The number of nitrogens with zero attached hydrogens (tertiary/aromatic N) is 3. The number of aliphatic imine (C=N–C) groups is 1. The number of aromatic nitrogens is 3. The van der Waals surface area contributed by atoms with E-state index in [0.717, 1.165) is 27.0 Å². The normalized spacial score (nSPS) is 14.7. The summed E-state index contributed by atoms with van der Waals surface area (Å²) in [5, 5.41) is 8.49. The standard InChI is InChI=1S/C17H17ClN6S/c1-19-17(13-8-9-21-22-10-13)25-15(16-20-11-23-24-16)7-4-12-2-5-14(18)6-3-12/h2-3,5-11,21-22H,4H2,1H3,(H,20,23,24)/b15-7+,19-17?. The Morgan fingerprint density at radius 1 is 1.28 bits per heavy atom. The number of H-pyrrole nitrogens is 1. The van der Waals surface area contributed by atoms with Crippen molar-refractivity contribution in [1.82, 2.24) is 26.0 Å². The van der Waals surface area contributed by atoms with Crippen molar-refractivity contribution in [3.8, 4) is 0 Å². The van der Waals surface area contributed by atoms with Gasteiger partial charge in [0.25, 0.3) is 0 Å². The number of thioether (sulfide) groups is 1. The molecule has 3 rings (SSSR count). The molecule has 1 aromatic heterocycles. The van der Waals surface area contributed by atoms with Crippen molar-refractivity contribution >= 4 is 33.3 Å². The highest BCUT2D eigenvalue weighted by Gasteiger charge is 2.13. The Balaban J connectivity index is 1.82. The molecule has 0 radical (unpaired) electrons. The molecule has 8 heteroatoms. The number of hydrazine groups is 1. The number of allylic oxidation sites excluding steroid dienone is 2. The average Bonchev–Trinajstić information content (AvgIpc) is 3.19. The minimum atomic E-state index is 0.714. The molecule has 0 unspecified atom stereocenters. The number of aromatic amines is 1. The predicted molar refractivity (Wildman–Crippen MR) is 104 cm³/mol. The molecule has 0 bridgehead atoms. The van der Waals surface area contributed by atoms with Gasteiger partial charge >= 0.3 is 0 Å². The van der Waals surface area contributed by atoms with Crippen LogP contribution in [-0.4, -0.2) is 27.3 Å². The molecule has 0 spiro atoms. The Bertz CT molecular complexity index is 821. The molecule has 0 atom stereocenters. The average molecular weight is 373 g/mol. The van der Waals surface area contributed by atoms with E-state index in [4.69, 9.17) is 11.6 Å². The van der Waals surface area contributed by atoms with Crippen LogP contribution in [0.4, 0.5) is 0 Å². The van der Waals surface area contributed by atoms with Crippen LogP contribution in [0, 0.1) is 0 Å². The molecular formula is C17H17ClN6S. The molecule has 0 saturated heterocycles. The van der Waals surface area contributed by atoms with E-state index < -0.39 is 0 Å². The lowest BCUT2D eigenvalue weighted by atomic mass is 10.1. The molecule has 2 aromatic rings. The van der Waals surface area contributed by atoms with E-state index in [0.29, 0.717) is 5.82 Å².